The molecule has 1 aliphatic rings. The first kappa shape index (κ1) is 18.2. The molecule has 1 heterocycles. The van der Waals surface area contributed by atoms with Crippen molar-refractivity contribution in [3.63, 3.8) is 0 Å². The van der Waals surface area contributed by atoms with Gasteiger partial charge in [0.05, 0.1) is 11.5 Å². The van der Waals surface area contributed by atoms with Crippen LogP contribution in [0, 0.1) is 0 Å². The van der Waals surface area contributed by atoms with E-state index in [1.54, 1.807) is 0 Å². The van der Waals surface area contributed by atoms with E-state index in [1.807, 2.05) is 27.7 Å². The average molecular weight is 320 g/mol. The molecule has 0 saturated carbocycles. The van der Waals surface area contributed by atoms with Crippen molar-refractivity contribution >= 4 is 15.9 Å². The number of hydrogen-bond acceptors (Lipinski definition) is 5. The summed E-state index contributed by atoms with van der Waals surface area (Å²) in [4.78, 5) is 11.6. The summed E-state index contributed by atoms with van der Waals surface area (Å²) >= 11 is 0. The van der Waals surface area contributed by atoms with E-state index < -0.39 is 21.5 Å². The number of sulfone groups is 1. The third-order valence-corrected chi connectivity index (χ3v) is 5.06. The molecule has 1 aliphatic heterocycles. The Balaban J connectivity index is 2.21. The molecule has 0 spiro atoms. The van der Waals surface area contributed by atoms with E-state index in [0.29, 0.717) is 12.3 Å². The lowest BCUT2D eigenvalue weighted by Gasteiger charge is -2.24. The second-order valence-corrected chi connectivity index (χ2v) is 8.97. The molecule has 0 aromatic heterocycles. The van der Waals surface area contributed by atoms with Gasteiger partial charge in [-0.1, -0.05) is 0 Å². The van der Waals surface area contributed by atoms with Crippen molar-refractivity contribution in [1.29, 1.82) is 0 Å². The number of hydrogen-bond donors (Lipinski definition) is 2. The molecule has 6 nitrogen and oxygen atoms in total. The van der Waals surface area contributed by atoms with Crippen LogP contribution in [0.2, 0.25) is 0 Å². The number of carbonyl (C=O) groups is 1. The summed E-state index contributed by atoms with van der Waals surface area (Å²) in [6.07, 6.45) is 1.93. The summed E-state index contributed by atoms with van der Waals surface area (Å²) in [6.45, 7) is 8.05. The molecule has 1 amide bonds. The predicted molar refractivity (Wildman–Crippen MR) is 83.1 cm³/mol. The van der Waals surface area contributed by atoms with Gasteiger partial charge in [-0.25, -0.2) is 13.2 Å². The zero-order valence-electron chi connectivity index (χ0n) is 13.4. The van der Waals surface area contributed by atoms with Crippen LogP contribution in [0.25, 0.3) is 0 Å². The van der Waals surface area contributed by atoms with Crippen LogP contribution >= 0.6 is 0 Å². The Morgan fingerprint density at radius 3 is 2.62 bits per heavy atom. The molecule has 0 aromatic rings. The topological polar surface area (TPSA) is 84.5 Å². The molecule has 2 atom stereocenters. The summed E-state index contributed by atoms with van der Waals surface area (Å²) in [7, 11) is -2.87. The highest BCUT2D eigenvalue weighted by atomic mass is 32.2. The second kappa shape index (κ2) is 7.45. The largest absolute Gasteiger partial charge is 0.444 e. The Morgan fingerprint density at radius 1 is 1.38 bits per heavy atom. The monoisotopic (exact) mass is 320 g/mol. The van der Waals surface area contributed by atoms with E-state index in [1.165, 1.54) is 0 Å². The van der Waals surface area contributed by atoms with E-state index in [9.17, 15) is 13.2 Å². The maximum absolute atomic E-state index is 11.6. The van der Waals surface area contributed by atoms with Crippen LogP contribution in [0.3, 0.4) is 0 Å². The van der Waals surface area contributed by atoms with Crippen molar-refractivity contribution in [3.05, 3.63) is 0 Å². The number of nitrogens with one attached hydrogen (secondary N) is 2. The standard InChI is InChI=1S/C14H28N2O4S/c1-11(16-13(17)20-14(2,3)4)7-8-15-12-6-5-9-21(18,19)10-12/h11-12,15H,5-10H2,1-4H3,(H,16,17). The lowest BCUT2D eigenvalue weighted by molar-refractivity contribution is 0.0506. The van der Waals surface area contributed by atoms with Gasteiger partial charge < -0.3 is 15.4 Å². The third kappa shape index (κ3) is 8.26. The smallest absolute Gasteiger partial charge is 0.407 e. The van der Waals surface area contributed by atoms with Crippen LogP contribution < -0.4 is 10.6 Å². The van der Waals surface area contributed by atoms with Crippen LogP contribution in [-0.2, 0) is 14.6 Å². The minimum atomic E-state index is -2.87. The van der Waals surface area contributed by atoms with Gasteiger partial charge in [0.15, 0.2) is 9.84 Å². The van der Waals surface area contributed by atoms with Gasteiger partial charge >= 0.3 is 6.09 Å². The maximum Gasteiger partial charge on any atom is 0.407 e. The van der Waals surface area contributed by atoms with Crippen molar-refractivity contribution in [2.45, 2.75) is 64.6 Å². The molecular formula is C14H28N2O4S. The van der Waals surface area contributed by atoms with Gasteiger partial charge in [-0.15, -0.1) is 0 Å². The first-order valence-corrected chi connectivity index (χ1v) is 9.33. The molecule has 0 aromatic carbocycles. The highest BCUT2D eigenvalue weighted by molar-refractivity contribution is 7.91. The Labute approximate surface area is 127 Å². The third-order valence-electron chi connectivity index (χ3n) is 3.24. The normalized spacial score (nSPS) is 23.3. The number of rotatable bonds is 5. The van der Waals surface area contributed by atoms with Crippen molar-refractivity contribution in [1.82, 2.24) is 10.6 Å². The molecule has 2 N–H and O–H groups in total. The molecule has 1 fully saturated rings. The van der Waals surface area contributed by atoms with E-state index in [-0.39, 0.29) is 17.8 Å². The van der Waals surface area contributed by atoms with Gasteiger partial charge in [-0.05, 0) is 53.5 Å². The van der Waals surface area contributed by atoms with Gasteiger partial charge in [-0.3, -0.25) is 0 Å². The predicted octanol–water partition coefficient (Wildman–Crippen LogP) is 1.46. The van der Waals surface area contributed by atoms with E-state index in [4.69, 9.17) is 4.74 Å². The van der Waals surface area contributed by atoms with E-state index in [2.05, 4.69) is 10.6 Å². The van der Waals surface area contributed by atoms with Crippen molar-refractivity contribution < 1.29 is 17.9 Å². The molecule has 0 bridgehead atoms. The summed E-state index contributed by atoms with van der Waals surface area (Å²) in [5.74, 6) is 0.530. The lowest BCUT2D eigenvalue weighted by Crippen LogP contribution is -2.43. The highest BCUT2D eigenvalue weighted by Crippen LogP contribution is 2.12. The summed E-state index contributed by atoms with van der Waals surface area (Å²) < 4.78 is 28.2. The molecule has 124 valence electrons. The number of ether oxygens (including phenoxy) is 1. The Morgan fingerprint density at radius 2 is 2.05 bits per heavy atom. The van der Waals surface area contributed by atoms with Gasteiger partial charge in [0.1, 0.15) is 5.60 Å². The van der Waals surface area contributed by atoms with Gasteiger partial charge in [0.2, 0.25) is 0 Å². The molecule has 2 unspecified atom stereocenters. The first-order valence-electron chi connectivity index (χ1n) is 7.51. The van der Waals surface area contributed by atoms with Crippen LogP contribution in [-0.4, -0.2) is 50.2 Å². The van der Waals surface area contributed by atoms with Gasteiger partial charge in [0, 0.05) is 12.1 Å². The lowest BCUT2D eigenvalue weighted by atomic mass is 10.1. The zero-order valence-corrected chi connectivity index (χ0v) is 14.3. The van der Waals surface area contributed by atoms with Crippen molar-refractivity contribution in [2.75, 3.05) is 18.1 Å². The Hall–Kier alpha value is -0.820. The SMILES string of the molecule is CC(CCNC1CCCS(=O)(=O)C1)NC(=O)OC(C)(C)C. The average Bonchev–Trinajstić information content (AvgIpc) is 2.24. The Bertz CT molecular complexity index is 442. The summed E-state index contributed by atoms with van der Waals surface area (Å²) in [6, 6.07) is 0.0185. The van der Waals surface area contributed by atoms with Crippen LogP contribution in [0.15, 0.2) is 0 Å². The van der Waals surface area contributed by atoms with Gasteiger partial charge in [-0.2, -0.15) is 0 Å². The number of carbonyl (C=O) groups excluding carboxylic acids is 1. The number of amides is 1. The van der Waals surface area contributed by atoms with Crippen LogP contribution in [0.1, 0.15) is 47.0 Å². The Kier molecular flexibility index (Phi) is 6.46. The van der Waals surface area contributed by atoms with Gasteiger partial charge in [0.25, 0.3) is 0 Å². The highest BCUT2D eigenvalue weighted by Gasteiger charge is 2.24. The molecule has 7 heteroatoms. The van der Waals surface area contributed by atoms with Crippen LogP contribution in [0.4, 0.5) is 4.79 Å². The quantitative estimate of drug-likeness (QED) is 0.801. The summed E-state index contributed by atoms with van der Waals surface area (Å²) in [5, 5.41) is 6.03. The first-order chi connectivity index (χ1) is 9.57. The second-order valence-electron chi connectivity index (χ2n) is 6.74. The molecule has 1 saturated heterocycles. The molecule has 21 heavy (non-hydrogen) atoms. The maximum atomic E-state index is 11.6. The fourth-order valence-electron chi connectivity index (χ4n) is 2.27. The summed E-state index contributed by atoms with van der Waals surface area (Å²) in [5.41, 5.74) is -0.501. The molecular weight excluding hydrogens is 292 g/mol. The fourth-order valence-corrected chi connectivity index (χ4v) is 3.94. The molecule has 0 radical (unpaired) electrons. The fraction of sp³-hybridized carbons (Fsp3) is 0.929. The molecule has 1 rings (SSSR count). The van der Waals surface area contributed by atoms with Crippen LogP contribution in [0.5, 0.6) is 0 Å². The zero-order chi connectivity index (χ0) is 16.1. The van der Waals surface area contributed by atoms with E-state index in [0.717, 1.165) is 19.3 Å². The minimum absolute atomic E-state index is 0.0208. The number of alkyl carbamates (subject to hydrolysis) is 1. The van der Waals surface area contributed by atoms with Crippen molar-refractivity contribution in [3.8, 4) is 0 Å². The van der Waals surface area contributed by atoms with Crippen molar-refractivity contribution in [2.24, 2.45) is 0 Å². The minimum Gasteiger partial charge on any atom is -0.444 e. The molecule has 0 aliphatic carbocycles. The van der Waals surface area contributed by atoms with E-state index >= 15 is 0 Å².